The van der Waals surface area contributed by atoms with Gasteiger partial charge in [0.25, 0.3) is 5.91 Å². The number of thioether (sulfide) groups is 1. The minimum absolute atomic E-state index is 0.0551. The summed E-state index contributed by atoms with van der Waals surface area (Å²) in [6.07, 6.45) is 8.76. The smallest absolute Gasteiger partial charge is 0.251 e. The van der Waals surface area contributed by atoms with Crippen LogP contribution < -0.4 is 4.90 Å². The van der Waals surface area contributed by atoms with E-state index in [-0.39, 0.29) is 35.5 Å². The Labute approximate surface area is 262 Å². The highest BCUT2D eigenvalue weighted by molar-refractivity contribution is 8.02. The van der Waals surface area contributed by atoms with Gasteiger partial charge in [0.2, 0.25) is 11.8 Å². The van der Waals surface area contributed by atoms with Crippen molar-refractivity contribution in [1.29, 1.82) is 0 Å². The molecule has 9 heteroatoms. The molecule has 2 saturated heterocycles. The van der Waals surface area contributed by atoms with E-state index in [1.165, 1.54) is 0 Å². The van der Waals surface area contributed by atoms with E-state index >= 15 is 0 Å². The number of likely N-dealkylation sites (tertiary alicyclic amines) is 1. The summed E-state index contributed by atoms with van der Waals surface area (Å²) < 4.78 is -0.968. The summed E-state index contributed by atoms with van der Waals surface area (Å²) in [7, 11) is 0. The maximum atomic E-state index is 14.8. The van der Waals surface area contributed by atoms with Crippen molar-refractivity contribution < 1.29 is 19.5 Å². The molecule has 4 aliphatic heterocycles. The first kappa shape index (κ1) is 30.0. The number of nitrogens with zero attached hydrogens (tertiary/aromatic N) is 3. The third-order valence-corrected chi connectivity index (χ3v) is 11.7. The van der Waals surface area contributed by atoms with Gasteiger partial charge >= 0.3 is 0 Å². The molecule has 1 N–H and O–H groups in total. The summed E-state index contributed by atoms with van der Waals surface area (Å²) in [4.78, 5) is 49.1. The molecular formula is C34H38ClN3O4S. The summed E-state index contributed by atoms with van der Waals surface area (Å²) in [5, 5.41) is 10.9. The minimum Gasteiger partial charge on any atom is -0.394 e. The Kier molecular flexibility index (Phi) is 8.22. The van der Waals surface area contributed by atoms with Crippen LogP contribution in [0.25, 0.3) is 0 Å². The number of hydrogen-bond acceptors (Lipinski definition) is 5. The molecule has 7 atom stereocenters. The molecule has 6 rings (SSSR count). The van der Waals surface area contributed by atoms with E-state index in [0.29, 0.717) is 30.3 Å². The molecule has 0 bridgehead atoms. The van der Waals surface area contributed by atoms with Crippen LogP contribution in [0.15, 0.2) is 72.8 Å². The number of aryl methyl sites for hydroxylation is 1. The van der Waals surface area contributed by atoms with Crippen LogP contribution in [-0.4, -0.2) is 74.4 Å². The Hall–Kier alpha value is -3.07. The summed E-state index contributed by atoms with van der Waals surface area (Å²) >= 11 is 8.23. The lowest BCUT2D eigenvalue weighted by Crippen LogP contribution is -2.58. The lowest BCUT2D eigenvalue weighted by Gasteiger charge is -2.40. The molecule has 0 aliphatic carbocycles. The van der Waals surface area contributed by atoms with Crippen LogP contribution in [0, 0.1) is 24.7 Å². The Morgan fingerprint density at radius 1 is 1.02 bits per heavy atom. The lowest BCUT2D eigenvalue weighted by molar-refractivity contribution is -0.145. The topological polar surface area (TPSA) is 81.2 Å². The summed E-state index contributed by atoms with van der Waals surface area (Å²) in [6.45, 7) is 6.87. The third kappa shape index (κ3) is 4.82. The van der Waals surface area contributed by atoms with Crippen molar-refractivity contribution in [3.05, 3.63) is 89.0 Å². The van der Waals surface area contributed by atoms with Crippen molar-refractivity contribution >= 4 is 46.8 Å². The van der Waals surface area contributed by atoms with E-state index in [0.717, 1.165) is 17.5 Å². The van der Waals surface area contributed by atoms with Gasteiger partial charge in [0.15, 0.2) is 0 Å². The minimum atomic E-state index is -0.968. The molecule has 4 heterocycles. The molecule has 2 aromatic carbocycles. The number of aliphatic hydroxyl groups is 1. The fraction of sp³-hybridized carbons (Fsp3) is 0.441. The molecule has 0 aromatic heterocycles. The number of amides is 3. The van der Waals surface area contributed by atoms with Gasteiger partial charge in [0.05, 0.1) is 39.9 Å². The molecule has 43 heavy (non-hydrogen) atoms. The normalized spacial score (nSPS) is 29.7. The summed E-state index contributed by atoms with van der Waals surface area (Å²) in [5.74, 6) is -1.97. The van der Waals surface area contributed by atoms with Crippen molar-refractivity contribution in [2.24, 2.45) is 17.8 Å². The zero-order valence-corrected chi connectivity index (χ0v) is 26.3. The second kappa shape index (κ2) is 11.8. The molecule has 0 radical (unpaired) electrons. The molecule has 1 spiro atoms. The Morgan fingerprint density at radius 2 is 1.79 bits per heavy atom. The van der Waals surface area contributed by atoms with Crippen LogP contribution in [0.4, 0.5) is 5.69 Å². The predicted molar refractivity (Wildman–Crippen MR) is 171 cm³/mol. The molecule has 0 saturated carbocycles. The summed E-state index contributed by atoms with van der Waals surface area (Å²) in [6, 6.07) is 13.9. The molecule has 4 aliphatic rings. The molecule has 2 fully saturated rings. The average Bonchev–Trinajstić information content (AvgIpc) is 3.32. The first-order chi connectivity index (χ1) is 20.7. The van der Waals surface area contributed by atoms with E-state index in [4.69, 9.17) is 11.6 Å². The standard InChI is InChI=1S/C34H38ClN3O4S/c1-4-21(2)25(20-39)38-30-33(42)37(29-22(3)11-8-14-24(29)35)18-10-16-34(30)28(32(38)41)27-26(43-34)15-9-17-36(31(27)40)19-23-12-6-5-7-13-23/h5-16,21,25-28,30,39H,4,17-20H2,1-3H3/t21-,25-,26-,27+,28-,30?,34-/m0/s1. The second-order valence-corrected chi connectivity index (χ2v) is 14.0. The van der Waals surface area contributed by atoms with Gasteiger partial charge in [-0.3, -0.25) is 14.4 Å². The Morgan fingerprint density at radius 3 is 2.49 bits per heavy atom. The molecular weight excluding hydrogens is 582 g/mol. The number of anilines is 1. The van der Waals surface area contributed by atoms with Gasteiger partial charge in [-0.2, -0.15) is 0 Å². The zero-order chi connectivity index (χ0) is 30.5. The average molecular weight is 620 g/mol. The predicted octanol–water partition coefficient (Wildman–Crippen LogP) is 4.85. The zero-order valence-electron chi connectivity index (χ0n) is 24.7. The maximum Gasteiger partial charge on any atom is 0.251 e. The van der Waals surface area contributed by atoms with Crippen LogP contribution in [0.1, 0.15) is 31.4 Å². The van der Waals surface area contributed by atoms with Gasteiger partial charge < -0.3 is 19.8 Å². The van der Waals surface area contributed by atoms with Crippen LogP contribution in [-0.2, 0) is 20.9 Å². The fourth-order valence-electron chi connectivity index (χ4n) is 7.41. The molecule has 3 amide bonds. The second-order valence-electron chi connectivity index (χ2n) is 12.1. The number of carbonyl (C=O) groups is 3. The van der Waals surface area contributed by atoms with Crippen LogP contribution >= 0.6 is 23.4 Å². The largest absolute Gasteiger partial charge is 0.394 e. The molecule has 2 aromatic rings. The number of halogens is 1. The number of carbonyl (C=O) groups excluding carboxylic acids is 3. The van der Waals surface area contributed by atoms with Gasteiger partial charge in [0, 0.05) is 24.9 Å². The number of aliphatic hydroxyl groups excluding tert-OH is 1. The van der Waals surface area contributed by atoms with Gasteiger partial charge in [-0.15, -0.1) is 11.8 Å². The van der Waals surface area contributed by atoms with Crippen molar-refractivity contribution in [2.45, 2.75) is 55.8 Å². The van der Waals surface area contributed by atoms with E-state index in [2.05, 4.69) is 6.08 Å². The highest BCUT2D eigenvalue weighted by Crippen LogP contribution is 2.62. The van der Waals surface area contributed by atoms with E-state index in [9.17, 15) is 19.5 Å². The van der Waals surface area contributed by atoms with Crippen LogP contribution in [0.2, 0.25) is 5.02 Å². The van der Waals surface area contributed by atoms with Crippen molar-refractivity contribution in [3.63, 3.8) is 0 Å². The summed E-state index contributed by atoms with van der Waals surface area (Å²) in [5.41, 5.74) is 2.50. The van der Waals surface area contributed by atoms with E-state index in [1.54, 1.807) is 27.6 Å². The highest BCUT2D eigenvalue weighted by Gasteiger charge is 2.72. The first-order valence-electron chi connectivity index (χ1n) is 15.1. The van der Waals surface area contributed by atoms with Gasteiger partial charge in [-0.1, -0.05) is 98.6 Å². The van der Waals surface area contributed by atoms with Crippen molar-refractivity contribution in [1.82, 2.24) is 9.80 Å². The molecule has 1 unspecified atom stereocenters. The fourth-order valence-corrected chi connectivity index (χ4v) is 9.73. The SMILES string of the molecule is CC[C@H](C)[C@H](CO)N1C(=O)[C@@H]2[C@@H]3C(=O)N(Cc4ccccc4)CC=C[C@@H]3S[C@@]23C=CCN(c2c(C)cccc2Cl)C(=O)C13. The first-order valence-corrected chi connectivity index (χ1v) is 16.3. The molecule has 7 nitrogen and oxygen atoms in total. The van der Waals surface area contributed by atoms with Gasteiger partial charge in [0.1, 0.15) is 6.04 Å². The van der Waals surface area contributed by atoms with Gasteiger partial charge in [-0.05, 0) is 30.0 Å². The lowest BCUT2D eigenvalue weighted by atomic mass is 9.78. The number of fused-ring (bicyclic) bond motifs is 2. The number of hydrogen-bond donors (Lipinski definition) is 1. The Bertz CT molecular complexity index is 1460. The maximum absolute atomic E-state index is 14.8. The monoisotopic (exact) mass is 619 g/mol. The van der Waals surface area contributed by atoms with E-state index < -0.39 is 28.7 Å². The number of benzene rings is 2. The number of rotatable bonds is 7. The molecule has 226 valence electrons. The van der Waals surface area contributed by atoms with E-state index in [1.807, 2.05) is 86.4 Å². The highest BCUT2D eigenvalue weighted by atomic mass is 35.5. The van der Waals surface area contributed by atoms with Crippen LogP contribution in [0.3, 0.4) is 0 Å². The van der Waals surface area contributed by atoms with Gasteiger partial charge in [-0.25, -0.2) is 0 Å². The van der Waals surface area contributed by atoms with Crippen molar-refractivity contribution in [3.8, 4) is 0 Å². The quantitative estimate of drug-likeness (QED) is 0.448. The Balaban J connectivity index is 1.46. The number of para-hydroxylation sites is 1. The van der Waals surface area contributed by atoms with Crippen molar-refractivity contribution in [2.75, 3.05) is 24.6 Å². The third-order valence-electron chi connectivity index (χ3n) is 9.70. The van der Waals surface area contributed by atoms with Crippen LogP contribution in [0.5, 0.6) is 0 Å².